The smallest absolute Gasteiger partial charge is 0.271 e. The highest BCUT2D eigenvalue weighted by Crippen LogP contribution is 2.33. The van der Waals surface area contributed by atoms with E-state index in [1.54, 1.807) is 16.5 Å². The highest BCUT2D eigenvalue weighted by molar-refractivity contribution is 7.07. The molecule has 0 bridgehead atoms. The number of benzene rings is 1. The Labute approximate surface area is 118 Å². The summed E-state index contributed by atoms with van der Waals surface area (Å²) in [6.07, 6.45) is 0. The zero-order chi connectivity index (χ0) is 13.9. The molecular formula is C14H11N3O2S. The number of anilines is 1. The second-order valence-electron chi connectivity index (χ2n) is 4.81. The Kier molecular flexibility index (Phi) is 2.26. The first-order chi connectivity index (χ1) is 9.68. The van der Waals surface area contributed by atoms with E-state index in [1.165, 1.54) is 11.3 Å². The first kappa shape index (κ1) is 11.6. The molecule has 0 saturated heterocycles. The SMILES string of the molecule is CN1C(=O)/C(=c2\sc3n(c2=O)CCN=3)c2ccccc21. The van der Waals surface area contributed by atoms with Crippen LogP contribution in [0, 0.1) is 0 Å². The van der Waals surface area contributed by atoms with E-state index in [2.05, 4.69) is 4.99 Å². The molecule has 0 spiro atoms. The number of hydrogen-bond acceptors (Lipinski definition) is 4. The van der Waals surface area contributed by atoms with Crippen molar-refractivity contribution in [2.24, 2.45) is 4.99 Å². The average molecular weight is 285 g/mol. The third kappa shape index (κ3) is 1.34. The third-order valence-electron chi connectivity index (χ3n) is 3.71. The first-order valence-electron chi connectivity index (χ1n) is 6.34. The Hall–Kier alpha value is -2.21. The fourth-order valence-corrected chi connectivity index (χ4v) is 3.83. The van der Waals surface area contributed by atoms with Crippen molar-refractivity contribution in [3.8, 4) is 0 Å². The van der Waals surface area contributed by atoms with E-state index in [0.717, 1.165) is 16.1 Å². The molecule has 3 heterocycles. The predicted molar refractivity (Wildman–Crippen MR) is 76.6 cm³/mol. The van der Waals surface area contributed by atoms with Crippen LogP contribution < -0.4 is 19.8 Å². The summed E-state index contributed by atoms with van der Waals surface area (Å²) in [6, 6.07) is 7.55. The van der Waals surface area contributed by atoms with Gasteiger partial charge in [0.05, 0.1) is 17.8 Å². The van der Waals surface area contributed by atoms with E-state index < -0.39 is 0 Å². The van der Waals surface area contributed by atoms with E-state index in [0.29, 0.717) is 23.2 Å². The predicted octanol–water partition coefficient (Wildman–Crippen LogP) is -0.282. The molecule has 1 aromatic heterocycles. The van der Waals surface area contributed by atoms with E-state index in [9.17, 15) is 9.59 Å². The van der Waals surface area contributed by atoms with Gasteiger partial charge in [0.25, 0.3) is 11.5 Å². The molecule has 5 nitrogen and oxygen atoms in total. The molecule has 2 aliphatic rings. The average Bonchev–Trinajstić information content (AvgIpc) is 3.09. The number of carbonyl (C=O) groups excluding carboxylic acids is 1. The fraction of sp³-hybridized carbons (Fsp3) is 0.214. The minimum Gasteiger partial charge on any atom is -0.311 e. The van der Waals surface area contributed by atoms with Crippen molar-refractivity contribution in [3.63, 3.8) is 0 Å². The summed E-state index contributed by atoms with van der Waals surface area (Å²) >= 11 is 1.31. The highest BCUT2D eigenvalue weighted by atomic mass is 32.1. The Morgan fingerprint density at radius 3 is 2.85 bits per heavy atom. The summed E-state index contributed by atoms with van der Waals surface area (Å²) in [5, 5.41) is 0. The lowest BCUT2D eigenvalue weighted by Gasteiger charge is -2.07. The number of fused-ring (bicyclic) bond motifs is 2. The van der Waals surface area contributed by atoms with Gasteiger partial charge in [0.1, 0.15) is 4.53 Å². The number of carbonyl (C=O) groups is 1. The van der Waals surface area contributed by atoms with E-state index in [4.69, 9.17) is 0 Å². The molecule has 100 valence electrons. The molecule has 2 aromatic rings. The fourth-order valence-electron chi connectivity index (χ4n) is 2.71. The van der Waals surface area contributed by atoms with Gasteiger partial charge in [-0.15, -0.1) is 0 Å². The van der Waals surface area contributed by atoms with Gasteiger partial charge in [0.15, 0.2) is 4.80 Å². The lowest BCUT2D eigenvalue weighted by atomic mass is 10.1. The number of thiazole rings is 1. The normalized spacial score (nSPS) is 19.1. The maximum absolute atomic E-state index is 12.5. The highest BCUT2D eigenvalue weighted by Gasteiger charge is 2.31. The van der Waals surface area contributed by atoms with Gasteiger partial charge < -0.3 is 4.90 Å². The maximum atomic E-state index is 12.5. The number of nitrogens with zero attached hydrogens (tertiary/aromatic N) is 3. The molecule has 2 aliphatic heterocycles. The monoisotopic (exact) mass is 285 g/mol. The van der Waals surface area contributed by atoms with E-state index in [1.807, 2.05) is 24.3 Å². The van der Waals surface area contributed by atoms with Gasteiger partial charge in [-0.3, -0.25) is 19.1 Å². The zero-order valence-corrected chi connectivity index (χ0v) is 11.6. The molecule has 1 amide bonds. The quantitative estimate of drug-likeness (QED) is 0.668. The summed E-state index contributed by atoms with van der Waals surface area (Å²) < 4.78 is 2.16. The molecule has 20 heavy (non-hydrogen) atoms. The van der Waals surface area contributed by atoms with Gasteiger partial charge in [-0.05, 0) is 6.07 Å². The van der Waals surface area contributed by atoms with Crippen LogP contribution in [-0.4, -0.2) is 24.1 Å². The van der Waals surface area contributed by atoms with Crippen molar-refractivity contribution in [3.05, 3.63) is 49.5 Å². The maximum Gasteiger partial charge on any atom is 0.271 e. The Morgan fingerprint density at radius 1 is 1.25 bits per heavy atom. The molecule has 6 heteroatoms. The minimum atomic E-state index is -0.121. The summed E-state index contributed by atoms with van der Waals surface area (Å²) in [5.41, 5.74) is 2.09. The van der Waals surface area contributed by atoms with Gasteiger partial charge >= 0.3 is 0 Å². The van der Waals surface area contributed by atoms with Crippen molar-refractivity contribution in [2.75, 3.05) is 18.5 Å². The number of hydrogen-bond donors (Lipinski definition) is 0. The Morgan fingerprint density at radius 2 is 2.05 bits per heavy atom. The Bertz CT molecular complexity index is 923. The molecule has 1 aromatic carbocycles. The van der Waals surface area contributed by atoms with Crippen molar-refractivity contribution >= 4 is 28.5 Å². The number of para-hydroxylation sites is 1. The standard InChI is InChI=1S/C14H11N3O2S/c1-16-9-5-3-2-4-8(9)10(12(16)18)11-13(19)17-7-6-15-14(17)20-11/h2-5H,6-7H2,1H3/b11-10-. The number of aromatic nitrogens is 1. The summed E-state index contributed by atoms with van der Waals surface area (Å²) in [6.45, 7) is 1.27. The lowest BCUT2D eigenvalue weighted by molar-refractivity contribution is -0.112. The topological polar surface area (TPSA) is 54.7 Å². The molecular weight excluding hydrogens is 274 g/mol. The van der Waals surface area contributed by atoms with Crippen LogP contribution in [0.2, 0.25) is 0 Å². The molecule has 0 atom stereocenters. The van der Waals surface area contributed by atoms with Crippen LogP contribution in [0.15, 0.2) is 34.1 Å². The molecule has 0 unspecified atom stereocenters. The van der Waals surface area contributed by atoms with Crippen LogP contribution in [0.5, 0.6) is 0 Å². The third-order valence-corrected chi connectivity index (χ3v) is 4.83. The van der Waals surface area contributed by atoms with Gasteiger partial charge in [-0.1, -0.05) is 29.5 Å². The summed E-state index contributed by atoms with van der Waals surface area (Å²) in [7, 11) is 1.73. The van der Waals surface area contributed by atoms with Crippen LogP contribution >= 0.6 is 11.3 Å². The van der Waals surface area contributed by atoms with Crippen LogP contribution in [0.3, 0.4) is 0 Å². The van der Waals surface area contributed by atoms with Crippen molar-refractivity contribution < 1.29 is 4.79 Å². The van der Waals surface area contributed by atoms with Gasteiger partial charge in [0.2, 0.25) is 0 Å². The van der Waals surface area contributed by atoms with Crippen LogP contribution in [0.4, 0.5) is 5.69 Å². The van der Waals surface area contributed by atoms with Crippen LogP contribution in [-0.2, 0) is 11.3 Å². The molecule has 0 saturated carbocycles. The van der Waals surface area contributed by atoms with Crippen LogP contribution in [0.1, 0.15) is 5.56 Å². The van der Waals surface area contributed by atoms with Gasteiger partial charge in [-0.2, -0.15) is 0 Å². The second kappa shape index (κ2) is 3.89. The molecule has 0 radical (unpaired) electrons. The second-order valence-corrected chi connectivity index (χ2v) is 5.79. The number of likely N-dealkylation sites (N-methyl/N-ethyl adjacent to an activating group) is 1. The minimum absolute atomic E-state index is 0.0975. The molecule has 0 aliphatic carbocycles. The van der Waals surface area contributed by atoms with Crippen molar-refractivity contribution in [2.45, 2.75) is 6.54 Å². The lowest BCUT2D eigenvalue weighted by Crippen LogP contribution is -2.33. The summed E-state index contributed by atoms with van der Waals surface area (Å²) in [5.74, 6) is -0.121. The number of rotatable bonds is 0. The largest absolute Gasteiger partial charge is 0.311 e. The summed E-state index contributed by atoms with van der Waals surface area (Å²) in [4.78, 5) is 31.5. The zero-order valence-electron chi connectivity index (χ0n) is 10.8. The van der Waals surface area contributed by atoms with Crippen LogP contribution in [0.25, 0.3) is 5.57 Å². The van der Waals surface area contributed by atoms with Gasteiger partial charge in [-0.25, -0.2) is 0 Å². The number of amides is 1. The molecule has 0 N–H and O–H groups in total. The Balaban J connectivity index is 2.16. The molecule has 0 fully saturated rings. The van der Waals surface area contributed by atoms with Gasteiger partial charge in [0, 0.05) is 19.2 Å². The van der Waals surface area contributed by atoms with E-state index >= 15 is 0 Å². The first-order valence-corrected chi connectivity index (χ1v) is 7.16. The van der Waals surface area contributed by atoms with E-state index in [-0.39, 0.29) is 11.5 Å². The molecule has 4 rings (SSSR count). The van der Waals surface area contributed by atoms with Crippen molar-refractivity contribution in [1.29, 1.82) is 0 Å². The van der Waals surface area contributed by atoms with Crippen molar-refractivity contribution in [1.82, 2.24) is 4.57 Å².